The standard InChI is InChI=1S/C23H41FN4O3/c1-2-28(23(29)18-6-3-4-7-19(18)24)12-5-8-21-26-22(31-27-21)16-9-11-25-20(14-16)17-10-13-30-15-17/h16-22,25-27H,2-15H2,1H3. The molecule has 7 unspecified atom stereocenters. The first kappa shape index (κ1) is 23.4. The van der Waals surface area contributed by atoms with Gasteiger partial charge in [-0.2, -0.15) is 5.48 Å². The smallest absolute Gasteiger partial charge is 0.228 e. The van der Waals surface area contributed by atoms with Crippen molar-refractivity contribution < 1.29 is 18.8 Å². The molecule has 3 N–H and O–H groups in total. The topological polar surface area (TPSA) is 74.9 Å². The van der Waals surface area contributed by atoms with Crippen molar-refractivity contribution in [2.45, 2.75) is 89.3 Å². The Labute approximate surface area is 186 Å². The number of hydroxylamine groups is 1. The van der Waals surface area contributed by atoms with E-state index in [9.17, 15) is 9.18 Å². The molecule has 31 heavy (non-hydrogen) atoms. The lowest BCUT2D eigenvalue weighted by molar-refractivity contribution is -0.138. The van der Waals surface area contributed by atoms with Crippen molar-refractivity contribution in [2.75, 3.05) is 32.8 Å². The monoisotopic (exact) mass is 440 g/mol. The van der Waals surface area contributed by atoms with Crippen molar-refractivity contribution in [3.05, 3.63) is 0 Å². The van der Waals surface area contributed by atoms with E-state index in [0.29, 0.717) is 43.8 Å². The number of nitrogens with zero attached hydrogens (tertiary/aromatic N) is 1. The molecule has 3 heterocycles. The van der Waals surface area contributed by atoms with E-state index in [-0.39, 0.29) is 18.3 Å². The number of carbonyl (C=O) groups is 1. The first-order chi connectivity index (χ1) is 15.2. The molecule has 1 amide bonds. The molecule has 4 aliphatic rings. The summed E-state index contributed by atoms with van der Waals surface area (Å²) >= 11 is 0. The molecule has 4 rings (SSSR count). The summed E-state index contributed by atoms with van der Waals surface area (Å²) in [7, 11) is 0. The Hall–Kier alpha value is -0.800. The Morgan fingerprint density at radius 2 is 2.03 bits per heavy atom. The molecule has 1 saturated carbocycles. The van der Waals surface area contributed by atoms with Gasteiger partial charge in [-0.3, -0.25) is 14.9 Å². The highest BCUT2D eigenvalue weighted by atomic mass is 19.1. The van der Waals surface area contributed by atoms with Crippen LogP contribution in [0.2, 0.25) is 0 Å². The summed E-state index contributed by atoms with van der Waals surface area (Å²) < 4.78 is 19.8. The number of nitrogens with one attached hydrogen (secondary N) is 3. The van der Waals surface area contributed by atoms with Crippen LogP contribution in [0.15, 0.2) is 0 Å². The average Bonchev–Trinajstić information content (AvgIpc) is 3.49. The first-order valence-corrected chi connectivity index (χ1v) is 12.6. The van der Waals surface area contributed by atoms with Gasteiger partial charge >= 0.3 is 0 Å². The number of halogens is 1. The van der Waals surface area contributed by atoms with Crippen molar-refractivity contribution >= 4 is 5.91 Å². The van der Waals surface area contributed by atoms with Crippen LogP contribution >= 0.6 is 0 Å². The molecular weight excluding hydrogens is 399 g/mol. The van der Waals surface area contributed by atoms with Gasteiger partial charge in [0.15, 0.2) is 0 Å². The highest BCUT2D eigenvalue weighted by Crippen LogP contribution is 2.30. The maximum atomic E-state index is 14.2. The van der Waals surface area contributed by atoms with Crippen molar-refractivity contribution in [3.8, 4) is 0 Å². The summed E-state index contributed by atoms with van der Waals surface area (Å²) in [5.41, 5.74) is 3.16. The van der Waals surface area contributed by atoms with Gasteiger partial charge in [0.1, 0.15) is 12.4 Å². The molecule has 1 aliphatic carbocycles. The lowest BCUT2D eigenvalue weighted by Gasteiger charge is -2.35. The van der Waals surface area contributed by atoms with E-state index in [1.807, 2.05) is 11.8 Å². The van der Waals surface area contributed by atoms with Crippen LogP contribution in [0.25, 0.3) is 0 Å². The minimum atomic E-state index is -0.966. The summed E-state index contributed by atoms with van der Waals surface area (Å²) in [6, 6.07) is 0.522. The van der Waals surface area contributed by atoms with Gasteiger partial charge in [-0.1, -0.05) is 12.8 Å². The SMILES string of the molecule is CCN(CCCC1NOC(C2CCNC(C3CCOC3)C2)N1)C(=O)C1CCCCC1F. The van der Waals surface area contributed by atoms with Gasteiger partial charge in [0, 0.05) is 31.7 Å². The molecule has 0 aromatic rings. The minimum Gasteiger partial charge on any atom is -0.381 e. The zero-order valence-corrected chi connectivity index (χ0v) is 19.0. The highest BCUT2D eigenvalue weighted by Gasteiger charge is 2.38. The molecular formula is C23H41FN4O3. The second-order valence-electron chi connectivity index (χ2n) is 9.81. The molecule has 3 saturated heterocycles. The number of alkyl halides is 1. The maximum absolute atomic E-state index is 14.2. The van der Waals surface area contributed by atoms with Crippen LogP contribution in [-0.4, -0.2) is 68.3 Å². The normalized spacial score (nSPS) is 39.0. The summed E-state index contributed by atoms with van der Waals surface area (Å²) in [6.07, 6.45) is 7.42. The van der Waals surface area contributed by atoms with Gasteiger partial charge in [-0.15, -0.1) is 0 Å². The summed E-state index contributed by atoms with van der Waals surface area (Å²) in [4.78, 5) is 20.5. The van der Waals surface area contributed by atoms with Crippen molar-refractivity contribution in [2.24, 2.45) is 17.8 Å². The molecule has 3 aliphatic heterocycles. The molecule has 0 radical (unpaired) electrons. The third kappa shape index (κ3) is 5.96. The van der Waals surface area contributed by atoms with Crippen molar-refractivity contribution in [3.63, 3.8) is 0 Å². The average molecular weight is 441 g/mol. The van der Waals surface area contributed by atoms with Crippen LogP contribution in [0.1, 0.15) is 64.7 Å². The van der Waals surface area contributed by atoms with E-state index in [1.54, 1.807) is 0 Å². The fourth-order valence-electron chi connectivity index (χ4n) is 5.79. The molecule has 7 atom stereocenters. The number of hydrogen-bond acceptors (Lipinski definition) is 6. The molecule has 7 nitrogen and oxygen atoms in total. The van der Waals surface area contributed by atoms with E-state index in [2.05, 4.69) is 16.1 Å². The summed E-state index contributed by atoms with van der Waals surface area (Å²) in [5.74, 6) is 0.694. The van der Waals surface area contributed by atoms with E-state index in [4.69, 9.17) is 9.57 Å². The molecule has 8 heteroatoms. The predicted molar refractivity (Wildman–Crippen MR) is 117 cm³/mol. The van der Waals surface area contributed by atoms with Crippen LogP contribution < -0.4 is 16.1 Å². The van der Waals surface area contributed by atoms with Crippen molar-refractivity contribution in [1.29, 1.82) is 0 Å². The van der Waals surface area contributed by atoms with Gasteiger partial charge in [0.05, 0.1) is 18.7 Å². The fourth-order valence-corrected chi connectivity index (χ4v) is 5.79. The summed E-state index contributed by atoms with van der Waals surface area (Å²) in [5, 5.41) is 7.28. The van der Waals surface area contributed by atoms with Crippen LogP contribution in [0.3, 0.4) is 0 Å². The largest absolute Gasteiger partial charge is 0.381 e. The zero-order chi connectivity index (χ0) is 21.6. The molecule has 4 fully saturated rings. The lowest BCUT2D eigenvalue weighted by atomic mass is 9.84. The number of ether oxygens (including phenoxy) is 1. The number of hydrogen-bond donors (Lipinski definition) is 3. The molecule has 0 spiro atoms. The predicted octanol–water partition coefficient (Wildman–Crippen LogP) is 2.32. The second-order valence-corrected chi connectivity index (χ2v) is 9.81. The molecule has 178 valence electrons. The third-order valence-electron chi connectivity index (χ3n) is 7.76. The molecule has 0 aromatic carbocycles. The van der Waals surface area contributed by atoms with E-state index in [0.717, 1.165) is 64.7 Å². The number of amides is 1. The lowest BCUT2D eigenvalue weighted by Crippen LogP contribution is -2.48. The van der Waals surface area contributed by atoms with Crippen LogP contribution in [0.4, 0.5) is 4.39 Å². The Balaban J connectivity index is 1.18. The third-order valence-corrected chi connectivity index (χ3v) is 7.76. The van der Waals surface area contributed by atoms with Crippen LogP contribution in [0.5, 0.6) is 0 Å². The van der Waals surface area contributed by atoms with E-state index < -0.39 is 12.1 Å². The van der Waals surface area contributed by atoms with Gasteiger partial charge in [-0.05, 0) is 64.3 Å². The van der Waals surface area contributed by atoms with Crippen LogP contribution in [0, 0.1) is 17.8 Å². The Bertz CT molecular complexity index is 577. The highest BCUT2D eigenvalue weighted by molar-refractivity contribution is 5.79. The first-order valence-electron chi connectivity index (χ1n) is 12.6. The maximum Gasteiger partial charge on any atom is 0.228 e. The van der Waals surface area contributed by atoms with Crippen molar-refractivity contribution in [1.82, 2.24) is 21.0 Å². The molecule has 0 bridgehead atoms. The second kappa shape index (κ2) is 11.4. The minimum absolute atomic E-state index is 0.00723. The Kier molecular flexibility index (Phi) is 8.57. The Morgan fingerprint density at radius 1 is 1.16 bits per heavy atom. The fraction of sp³-hybridized carbons (Fsp3) is 0.957. The number of carbonyl (C=O) groups excluding carboxylic acids is 1. The number of rotatable bonds is 8. The molecule has 0 aromatic heterocycles. The van der Waals surface area contributed by atoms with Gasteiger partial charge in [0.2, 0.25) is 5.91 Å². The number of piperidine rings is 1. The van der Waals surface area contributed by atoms with E-state index in [1.165, 1.54) is 0 Å². The van der Waals surface area contributed by atoms with Gasteiger partial charge in [-0.25, -0.2) is 4.39 Å². The van der Waals surface area contributed by atoms with E-state index >= 15 is 0 Å². The zero-order valence-electron chi connectivity index (χ0n) is 19.0. The summed E-state index contributed by atoms with van der Waals surface area (Å²) in [6.45, 7) is 6.11. The Morgan fingerprint density at radius 3 is 2.81 bits per heavy atom. The van der Waals surface area contributed by atoms with Crippen LogP contribution in [-0.2, 0) is 14.4 Å². The quantitative estimate of drug-likeness (QED) is 0.538. The van der Waals surface area contributed by atoms with Gasteiger partial charge in [0.25, 0.3) is 0 Å². The van der Waals surface area contributed by atoms with Gasteiger partial charge < -0.3 is 15.0 Å².